The summed E-state index contributed by atoms with van der Waals surface area (Å²) in [7, 11) is -0.556. The zero-order valence-corrected chi connectivity index (χ0v) is 18.6. The number of carbonyl (C=O) groups is 1. The molecule has 1 aliphatic heterocycles. The van der Waals surface area contributed by atoms with Crippen LogP contribution in [0.25, 0.3) is 6.08 Å². The monoisotopic (exact) mass is 446 g/mol. The van der Waals surface area contributed by atoms with Crippen LogP contribution in [-0.4, -0.2) is 59.2 Å². The molecule has 1 aliphatic rings. The van der Waals surface area contributed by atoms with Crippen molar-refractivity contribution in [3.8, 4) is 11.5 Å². The van der Waals surface area contributed by atoms with E-state index in [4.69, 9.17) is 14.2 Å². The predicted molar refractivity (Wildman–Crippen MR) is 118 cm³/mol. The van der Waals surface area contributed by atoms with Gasteiger partial charge in [0.1, 0.15) is 0 Å². The van der Waals surface area contributed by atoms with Gasteiger partial charge in [-0.15, -0.1) is 0 Å². The molecule has 0 saturated carbocycles. The van der Waals surface area contributed by atoms with Crippen molar-refractivity contribution in [2.75, 3.05) is 45.8 Å². The summed E-state index contributed by atoms with van der Waals surface area (Å²) in [6.07, 6.45) is 3.02. The molecule has 1 saturated heterocycles. The number of morpholine rings is 1. The van der Waals surface area contributed by atoms with Gasteiger partial charge >= 0.3 is 0 Å². The van der Waals surface area contributed by atoms with E-state index in [1.54, 1.807) is 57.6 Å². The van der Waals surface area contributed by atoms with Gasteiger partial charge in [0.25, 0.3) is 0 Å². The molecule has 3 rings (SSSR count). The van der Waals surface area contributed by atoms with E-state index in [-0.39, 0.29) is 10.8 Å². The number of carbonyl (C=O) groups excluding carboxylic acids is 1. The molecule has 0 atom stereocenters. The van der Waals surface area contributed by atoms with Gasteiger partial charge in [-0.2, -0.15) is 4.31 Å². The molecule has 1 heterocycles. The average Bonchev–Trinajstić information content (AvgIpc) is 2.79. The van der Waals surface area contributed by atoms with Crippen molar-refractivity contribution in [1.82, 2.24) is 4.31 Å². The number of hydrogen-bond donors (Lipinski definition) is 1. The van der Waals surface area contributed by atoms with E-state index in [0.29, 0.717) is 43.5 Å². The van der Waals surface area contributed by atoms with Crippen LogP contribution in [0.3, 0.4) is 0 Å². The Morgan fingerprint density at radius 3 is 2.45 bits per heavy atom. The summed E-state index contributed by atoms with van der Waals surface area (Å²) >= 11 is 0. The Kier molecular flexibility index (Phi) is 7.32. The van der Waals surface area contributed by atoms with E-state index in [1.807, 2.05) is 0 Å². The molecule has 0 aromatic heterocycles. The quantitative estimate of drug-likeness (QED) is 0.658. The van der Waals surface area contributed by atoms with E-state index < -0.39 is 10.0 Å². The van der Waals surface area contributed by atoms with Crippen molar-refractivity contribution in [3.05, 3.63) is 53.6 Å². The minimum atomic E-state index is -3.65. The van der Waals surface area contributed by atoms with Crippen LogP contribution >= 0.6 is 0 Å². The number of sulfonamides is 1. The van der Waals surface area contributed by atoms with Gasteiger partial charge in [0, 0.05) is 24.9 Å². The maximum Gasteiger partial charge on any atom is 0.248 e. The second kappa shape index (κ2) is 9.95. The molecule has 166 valence electrons. The lowest BCUT2D eigenvalue weighted by Gasteiger charge is -2.26. The van der Waals surface area contributed by atoms with Crippen LogP contribution in [0.4, 0.5) is 5.69 Å². The Morgan fingerprint density at radius 1 is 1.06 bits per heavy atom. The third-order valence-electron chi connectivity index (χ3n) is 4.91. The molecule has 0 unspecified atom stereocenters. The molecule has 0 spiro atoms. The molecule has 2 aromatic carbocycles. The van der Waals surface area contributed by atoms with Gasteiger partial charge in [-0.1, -0.05) is 12.1 Å². The number of nitrogens with zero attached hydrogens (tertiary/aromatic N) is 1. The first-order valence-electron chi connectivity index (χ1n) is 9.75. The fraction of sp³-hybridized carbons (Fsp3) is 0.318. The fourth-order valence-corrected chi connectivity index (χ4v) is 4.57. The molecular weight excluding hydrogens is 420 g/mol. The number of hydrogen-bond acceptors (Lipinski definition) is 6. The summed E-state index contributed by atoms with van der Waals surface area (Å²) in [6.45, 7) is 3.17. The number of rotatable bonds is 7. The Bertz CT molecular complexity index is 1080. The van der Waals surface area contributed by atoms with Crippen LogP contribution in [0, 0.1) is 6.92 Å². The molecule has 1 amide bonds. The second-order valence-electron chi connectivity index (χ2n) is 6.93. The molecule has 9 heteroatoms. The molecule has 8 nitrogen and oxygen atoms in total. The van der Waals surface area contributed by atoms with Gasteiger partial charge < -0.3 is 19.5 Å². The zero-order valence-electron chi connectivity index (χ0n) is 17.8. The normalized spacial score (nSPS) is 15.1. The summed E-state index contributed by atoms with van der Waals surface area (Å²) in [5, 5.41) is 2.76. The minimum absolute atomic E-state index is 0.138. The second-order valence-corrected chi connectivity index (χ2v) is 8.87. The topological polar surface area (TPSA) is 94.2 Å². The van der Waals surface area contributed by atoms with Crippen molar-refractivity contribution < 1.29 is 27.4 Å². The fourth-order valence-electron chi connectivity index (χ4n) is 3.14. The van der Waals surface area contributed by atoms with E-state index in [0.717, 1.165) is 11.1 Å². The standard InChI is InChI=1S/C22H26N2O6S/c1-16-4-7-18(31(26,27)24-10-12-30-13-11-24)15-19(16)23-22(25)9-6-17-5-8-20(28-2)21(14-17)29-3/h4-9,14-15H,10-13H2,1-3H3,(H,23,25)/b9-6+. The number of amides is 1. The molecular formula is C22H26N2O6S. The summed E-state index contributed by atoms with van der Waals surface area (Å²) in [5.74, 6) is 0.777. The Hall–Kier alpha value is -2.88. The number of nitrogens with one attached hydrogen (secondary N) is 1. The van der Waals surface area contributed by atoms with Gasteiger partial charge in [0.15, 0.2) is 11.5 Å². The lowest BCUT2D eigenvalue weighted by atomic mass is 10.1. The number of benzene rings is 2. The van der Waals surface area contributed by atoms with Crippen molar-refractivity contribution in [1.29, 1.82) is 0 Å². The van der Waals surface area contributed by atoms with Gasteiger partial charge in [0.05, 0.1) is 32.3 Å². The average molecular weight is 447 g/mol. The number of aryl methyl sites for hydroxylation is 1. The van der Waals surface area contributed by atoms with Crippen molar-refractivity contribution in [2.45, 2.75) is 11.8 Å². The maximum atomic E-state index is 12.9. The molecule has 1 fully saturated rings. The largest absolute Gasteiger partial charge is 0.493 e. The first-order chi connectivity index (χ1) is 14.8. The molecule has 0 bridgehead atoms. The highest BCUT2D eigenvalue weighted by Gasteiger charge is 2.26. The highest BCUT2D eigenvalue weighted by Crippen LogP contribution is 2.28. The Morgan fingerprint density at radius 2 is 1.77 bits per heavy atom. The Balaban J connectivity index is 1.75. The van der Waals surface area contributed by atoms with Gasteiger partial charge in [0.2, 0.25) is 15.9 Å². The SMILES string of the molecule is COc1ccc(/C=C/C(=O)Nc2cc(S(=O)(=O)N3CCOCC3)ccc2C)cc1OC. The van der Waals surface area contributed by atoms with Crippen LogP contribution in [0.2, 0.25) is 0 Å². The maximum absolute atomic E-state index is 12.9. The van der Waals surface area contributed by atoms with Gasteiger partial charge in [-0.3, -0.25) is 4.79 Å². The summed E-state index contributed by atoms with van der Waals surface area (Å²) in [4.78, 5) is 12.6. The molecule has 31 heavy (non-hydrogen) atoms. The third kappa shape index (κ3) is 5.43. The zero-order chi connectivity index (χ0) is 22.4. The first-order valence-corrected chi connectivity index (χ1v) is 11.2. The van der Waals surface area contributed by atoms with E-state index in [1.165, 1.54) is 16.4 Å². The van der Waals surface area contributed by atoms with Gasteiger partial charge in [-0.05, 0) is 48.4 Å². The van der Waals surface area contributed by atoms with E-state index in [2.05, 4.69) is 5.32 Å². The highest BCUT2D eigenvalue weighted by molar-refractivity contribution is 7.89. The van der Waals surface area contributed by atoms with Crippen molar-refractivity contribution in [2.24, 2.45) is 0 Å². The molecule has 0 aliphatic carbocycles. The number of anilines is 1. The minimum Gasteiger partial charge on any atom is -0.493 e. The summed E-state index contributed by atoms with van der Waals surface area (Å²) < 4.78 is 42.9. The number of ether oxygens (including phenoxy) is 3. The van der Waals surface area contributed by atoms with Crippen LogP contribution in [0.1, 0.15) is 11.1 Å². The smallest absolute Gasteiger partial charge is 0.248 e. The van der Waals surface area contributed by atoms with Crippen LogP contribution in [0.5, 0.6) is 11.5 Å². The Labute approximate surface area is 182 Å². The predicted octanol–water partition coefficient (Wildman–Crippen LogP) is 2.69. The molecule has 0 radical (unpaired) electrons. The van der Waals surface area contributed by atoms with Crippen LogP contribution in [0.15, 0.2) is 47.4 Å². The van der Waals surface area contributed by atoms with Crippen LogP contribution < -0.4 is 14.8 Å². The molecule has 1 N–H and O–H groups in total. The van der Waals surface area contributed by atoms with Crippen molar-refractivity contribution in [3.63, 3.8) is 0 Å². The van der Waals surface area contributed by atoms with E-state index >= 15 is 0 Å². The number of methoxy groups -OCH3 is 2. The first kappa shape index (κ1) is 22.8. The molecule has 2 aromatic rings. The highest BCUT2D eigenvalue weighted by atomic mass is 32.2. The summed E-state index contributed by atoms with van der Waals surface area (Å²) in [6, 6.07) is 10.0. The lowest BCUT2D eigenvalue weighted by Crippen LogP contribution is -2.40. The third-order valence-corrected chi connectivity index (χ3v) is 6.80. The van der Waals surface area contributed by atoms with Gasteiger partial charge in [-0.25, -0.2) is 8.42 Å². The van der Waals surface area contributed by atoms with Crippen molar-refractivity contribution >= 4 is 27.7 Å². The van der Waals surface area contributed by atoms with Crippen LogP contribution in [-0.2, 0) is 19.6 Å². The lowest BCUT2D eigenvalue weighted by molar-refractivity contribution is -0.111. The summed E-state index contributed by atoms with van der Waals surface area (Å²) in [5.41, 5.74) is 1.96. The van der Waals surface area contributed by atoms with E-state index in [9.17, 15) is 13.2 Å².